The van der Waals surface area contributed by atoms with Crippen LogP contribution >= 0.6 is 46.4 Å². The van der Waals surface area contributed by atoms with Crippen molar-refractivity contribution in [3.63, 3.8) is 0 Å². The van der Waals surface area contributed by atoms with E-state index >= 15 is 0 Å². The van der Waals surface area contributed by atoms with E-state index in [1.807, 2.05) is 0 Å². The lowest BCUT2D eigenvalue weighted by Gasteiger charge is -2.07. The van der Waals surface area contributed by atoms with Crippen LogP contribution < -0.4 is 0 Å². The van der Waals surface area contributed by atoms with E-state index in [0.717, 1.165) is 0 Å². The van der Waals surface area contributed by atoms with Crippen LogP contribution in [0.1, 0.15) is 15.9 Å². The van der Waals surface area contributed by atoms with Crippen LogP contribution in [0.3, 0.4) is 0 Å². The van der Waals surface area contributed by atoms with Crippen molar-refractivity contribution in [3.05, 3.63) is 55.5 Å². The Labute approximate surface area is 134 Å². The summed E-state index contributed by atoms with van der Waals surface area (Å²) in [6.07, 6.45) is 0. The van der Waals surface area contributed by atoms with Crippen LogP contribution in [-0.2, 0) is 0 Å². The number of aromatic hydroxyl groups is 2. The molecule has 0 aliphatic rings. The fourth-order valence-corrected chi connectivity index (χ4v) is 2.53. The van der Waals surface area contributed by atoms with Crippen molar-refractivity contribution in [2.45, 2.75) is 0 Å². The van der Waals surface area contributed by atoms with Gasteiger partial charge >= 0.3 is 0 Å². The summed E-state index contributed by atoms with van der Waals surface area (Å²) in [4.78, 5) is 12.3. The van der Waals surface area contributed by atoms with Gasteiger partial charge in [-0.3, -0.25) is 4.79 Å². The Morgan fingerprint density at radius 2 is 0.950 bits per heavy atom. The molecule has 20 heavy (non-hydrogen) atoms. The molecule has 0 aromatic heterocycles. The van der Waals surface area contributed by atoms with E-state index in [4.69, 9.17) is 46.4 Å². The zero-order valence-corrected chi connectivity index (χ0v) is 12.6. The normalized spacial score (nSPS) is 10.6. The van der Waals surface area contributed by atoms with Gasteiger partial charge in [-0.1, -0.05) is 46.4 Å². The molecular weight excluding hydrogens is 346 g/mol. The number of hydrogen-bond acceptors (Lipinski definition) is 3. The Balaban J connectivity index is 2.52. The van der Waals surface area contributed by atoms with E-state index in [1.165, 1.54) is 24.3 Å². The lowest BCUT2D eigenvalue weighted by atomic mass is 10.0. The summed E-state index contributed by atoms with van der Waals surface area (Å²) < 4.78 is 0. The molecule has 2 N–H and O–H groups in total. The third kappa shape index (κ3) is 2.81. The average molecular weight is 352 g/mol. The first-order valence-electron chi connectivity index (χ1n) is 5.22. The number of halogens is 4. The highest BCUT2D eigenvalue weighted by molar-refractivity contribution is 6.39. The summed E-state index contributed by atoms with van der Waals surface area (Å²) >= 11 is 23.0. The monoisotopic (exact) mass is 350 g/mol. The van der Waals surface area contributed by atoms with Crippen LogP contribution in [0.25, 0.3) is 0 Å². The molecule has 0 heterocycles. The topological polar surface area (TPSA) is 57.5 Å². The van der Waals surface area contributed by atoms with Crippen molar-refractivity contribution < 1.29 is 15.0 Å². The summed E-state index contributed by atoms with van der Waals surface area (Å²) in [5.74, 6) is -1.05. The average Bonchev–Trinajstić information content (AvgIpc) is 2.40. The Kier molecular flexibility index (Phi) is 4.35. The summed E-state index contributed by atoms with van der Waals surface area (Å²) in [5, 5.41) is 18.7. The number of carbonyl (C=O) groups excluding carboxylic acids is 1. The highest BCUT2D eigenvalue weighted by Crippen LogP contribution is 2.36. The molecule has 0 saturated heterocycles. The Morgan fingerprint density at radius 3 is 1.20 bits per heavy atom. The van der Waals surface area contributed by atoms with Gasteiger partial charge in [-0.15, -0.1) is 0 Å². The molecule has 0 saturated carbocycles. The molecular formula is C13H6Cl4O3. The van der Waals surface area contributed by atoms with Gasteiger partial charge in [0, 0.05) is 11.1 Å². The molecule has 2 aromatic carbocycles. The second kappa shape index (κ2) is 5.70. The van der Waals surface area contributed by atoms with E-state index < -0.39 is 5.78 Å². The fourth-order valence-electron chi connectivity index (χ4n) is 1.56. The van der Waals surface area contributed by atoms with Crippen LogP contribution in [-0.4, -0.2) is 16.0 Å². The number of carbonyl (C=O) groups is 1. The third-order valence-corrected chi connectivity index (χ3v) is 3.71. The van der Waals surface area contributed by atoms with Gasteiger partial charge in [0.05, 0.1) is 20.1 Å². The van der Waals surface area contributed by atoms with E-state index in [0.29, 0.717) is 0 Å². The number of phenolic OH excluding ortho intramolecular Hbond substituents is 2. The van der Waals surface area contributed by atoms with E-state index in [9.17, 15) is 15.0 Å². The predicted molar refractivity (Wildman–Crippen MR) is 79.7 cm³/mol. The molecule has 7 heteroatoms. The fraction of sp³-hybridized carbons (Fsp3) is 0. The minimum atomic E-state index is -0.447. The summed E-state index contributed by atoms with van der Waals surface area (Å²) in [6.45, 7) is 0. The van der Waals surface area contributed by atoms with Gasteiger partial charge in [-0.05, 0) is 24.3 Å². The second-order valence-electron chi connectivity index (χ2n) is 3.91. The van der Waals surface area contributed by atoms with Gasteiger partial charge in [-0.2, -0.15) is 0 Å². The molecule has 0 bridgehead atoms. The molecule has 2 rings (SSSR count). The largest absolute Gasteiger partial charge is 0.505 e. The molecule has 0 aliphatic heterocycles. The van der Waals surface area contributed by atoms with Gasteiger partial charge in [0.15, 0.2) is 17.3 Å². The molecule has 0 amide bonds. The highest BCUT2D eigenvalue weighted by Gasteiger charge is 2.17. The van der Waals surface area contributed by atoms with Crippen molar-refractivity contribution >= 4 is 52.2 Å². The molecule has 0 radical (unpaired) electrons. The molecule has 0 aliphatic carbocycles. The Bertz CT molecular complexity index is 607. The van der Waals surface area contributed by atoms with Crippen molar-refractivity contribution in [1.82, 2.24) is 0 Å². The van der Waals surface area contributed by atoms with Crippen LogP contribution in [0.15, 0.2) is 24.3 Å². The summed E-state index contributed by atoms with van der Waals surface area (Å²) in [7, 11) is 0. The molecule has 3 nitrogen and oxygen atoms in total. The maximum atomic E-state index is 12.3. The van der Waals surface area contributed by atoms with Gasteiger partial charge in [0.2, 0.25) is 0 Å². The maximum Gasteiger partial charge on any atom is 0.193 e. The smallest absolute Gasteiger partial charge is 0.193 e. The molecule has 0 unspecified atom stereocenters. The summed E-state index contributed by atoms with van der Waals surface area (Å²) in [6, 6.07) is 5.11. The lowest BCUT2D eigenvalue weighted by Crippen LogP contribution is -2.01. The minimum absolute atomic E-state index is 0.0446. The van der Waals surface area contributed by atoms with E-state index in [-0.39, 0.29) is 42.7 Å². The molecule has 0 spiro atoms. The Hall–Kier alpha value is -1.13. The molecule has 2 aromatic rings. The van der Waals surface area contributed by atoms with E-state index in [2.05, 4.69) is 0 Å². The zero-order valence-electron chi connectivity index (χ0n) is 9.62. The van der Waals surface area contributed by atoms with Gasteiger partial charge < -0.3 is 10.2 Å². The quantitative estimate of drug-likeness (QED) is 0.753. The zero-order chi connectivity index (χ0) is 15.0. The van der Waals surface area contributed by atoms with Crippen LogP contribution in [0.4, 0.5) is 0 Å². The first kappa shape index (κ1) is 15.3. The standard InChI is InChI=1S/C13H6Cl4O3/c14-7-1-5(2-8(15)12(7)19)11(18)6-3-9(16)13(20)10(17)4-6/h1-4,19-20H. The number of phenols is 2. The van der Waals surface area contributed by atoms with Gasteiger partial charge in [0.1, 0.15) is 0 Å². The van der Waals surface area contributed by atoms with E-state index in [1.54, 1.807) is 0 Å². The number of benzene rings is 2. The third-order valence-electron chi connectivity index (χ3n) is 2.56. The van der Waals surface area contributed by atoms with Gasteiger partial charge in [0.25, 0.3) is 0 Å². The lowest BCUT2D eigenvalue weighted by molar-refractivity contribution is 0.103. The minimum Gasteiger partial charge on any atom is -0.505 e. The van der Waals surface area contributed by atoms with Gasteiger partial charge in [-0.25, -0.2) is 0 Å². The van der Waals surface area contributed by atoms with Crippen molar-refractivity contribution in [2.24, 2.45) is 0 Å². The molecule has 0 fully saturated rings. The summed E-state index contributed by atoms with van der Waals surface area (Å²) in [5.41, 5.74) is 0.325. The number of ketones is 1. The van der Waals surface area contributed by atoms with Crippen molar-refractivity contribution in [3.8, 4) is 11.5 Å². The number of hydrogen-bond donors (Lipinski definition) is 2. The first-order valence-corrected chi connectivity index (χ1v) is 6.73. The van der Waals surface area contributed by atoms with Crippen LogP contribution in [0.2, 0.25) is 20.1 Å². The number of rotatable bonds is 2. The van der Waals surface area contributed by atoms with Crippen molar-refractivity contribution in [2.75, 3.05) is 0 Å². The second-order valence-corrected chi connectivity index (χ2v) is 5.53. The predicted octanol–water partition coefficient (Wildman–Crippen LogP) is 4.94. The first-order chi connectivity index (χ1) is 9.31. The Morgan fingerprint density at radius 1 is 0.700 bits per heavy atom. The van der Waals surface area contributed by atoms with Crippen LogP contribution in [0, 0.1) is 0 Å². The van der Waals surface area contributed by atoms with Crippen LogP contribution in [0.5, 0.6) is 11.5 Å². The maximum absolute atomic E-state index is 12.3. The van der Waals surface area contributed by atoms with Crippen molar-refractivity contribution in [1.29, 1.82) is 0 Å². The molecule has 104 valence electrons. The highest BCUT2D eigenvalue weighted by atomic mass is 35.5. The molecule has 0 atom stereocenters. The SMILES string of the molecule is O=C(c1cc(Cl)c(O)c(Cl)c1)c1cc(Cl)c(O)c(Cl)c1.